The fourth-order valence-corrected chi connectivity index (χ4v) is 0.812. The van der Waals surface area contributed by atoms with Gasteiger partial charge in [-0.2, -0.15) is 0 Å². The Morgan fingerprint density at radius 2 is 2.22 bits per heavy atom. The van der Waals surface area contributed by atoms with Gasteiger partial charge in [0.25, 0.3) is 0 Å². The van der Waals surface area contributed by atoms with Crippen molar-refractivity contribution in [3.63, 3.8) is 0 Å². The lowest BCUT2D eigenvalue weighted by Crippen LogP contribution is -1.89. The maximum Gasteiger partial charge on any atom is 0.0926 e. The first kappa shape index (κ1) is 6.14. The van der Waals surface area contributed by atoms with Crippen molar-refractivity contribution in [3.8, 4) is 0 Å². The fraction of sp³-hybridized carbons (Fsp3) is 0.250. The zero-order chi connectivity index (χ0) is 6.69. The summed E-state index contributed by atoms with van der Waals surface area (Å²) in [5.74, 6) is 0.473. The van der Waals surface area contributed by atoms with Crippen LogP contribution < -0.4 is 0 Å². The molecule has 1 nitrogen and oxygen atoms in total. The Morgan fingerprint density at radius 3 is 2.67 bits per heavy atom. The smallest absolute Gasteiger partial charge is 0.0926 e. The van der Waals surface area contributed by atoms with Crippen molar-refractivity contribution < 1.29 is 5.11 Å². The summed E-state index contributed by atoms with van der Waals surface area (Å²) < 4.78 is 0. The molecule has 0 bridgehead atoms. The number of rotatable bonds is 1. The van der Waals surface area contributed by atoms with Crippen LogP contribution in [0.4, 0.5) is 0 Å². The molecule has 1 heteroatoms. The summed E-state index contributed by atoms with van der Waals surface area (Å²) in [6, 6.07) is 0. The van der Waals surface area contributed by atoms with Gasteiger partial charge < -0.3 is 5.11 Å². The van der Waals surface area contributed by atoms with Crippen LogP contribution in [0, 0.1) is 0 Å². The maximum absolute atomic E-state index is 8.90. The largest absolute Gasteiger partial charge is 0.512 e. The molecule has 9 heavy (non-hydrogen) atoms. The van der Waals surface area contributed by atoms with Gasteiger partial charge in [-0.25, -0.2) is 0 Å². The Hall–Kier alpha value is -0.980. The molecule has 1 aliphatic carbocycles. The Labute approximate surface area is 55.0 Å². The highest BCUT2D eigenvalue weighted by atomic mass is 16.3. The molecule has 0 unspecified atom stereocenters. The van der Waals surface area contributed by atoms with E-state index in [2.05, 4.69) is 6.58 Å². The predicted molar refractivity (Wildman–Crippen MR) is 38.2 cm³/mol. The molecule has 0 heterocycles. The van der Waals surface area contributed by atoms with Gasteiger partial charge >= 0.3 is 0 Å². The van der Waals surface area contributed by atoms with Crippen LogP contribution >= 0.6 is 0 Å². The molecule has 48 valence electrons. The first-order valence-electron chi connectivity index (χ1n) is 3.04. The second-order valence-electron chi connectivity index (χ2n) is 2.10. The van der Waals surface area contributed by atoms with E-state index in [1.54, 1.807) is 6.08 Å². The van der Waals surface area contributed by atoms with Crippen LogP contribution in [0.25, 0.3) is 0 Å². The molecular formula is C8H10O. The van der Waals surface area contributed by atoms with Crippen molar-refractivity contribution in [2.24, 2.45) is 0 Å². The Kier molecular flexibility index (Phi) is 1.73. The third-order valence-corrected chi connectivity index (χ3v) is 1.42. The standard InChI is InChI=1S/C8H10O/c1-2-7-3-5-8(9)6-4-7/h2-3,5,9H,1,4,6H2. The average molecular weight is 122 g/mol. The average Bonchev–Trinajstić information content (AvgIpc) is 1.90. The number of allylic oxidation sites excluding steroid dienone is 5. The van der Waals surface area contributed by atoms with E-state index in [-0.39, 0.29) is 0 Å². The number of hydrogen-bond acceptors (Lipinski definition) is 1. The van der Waals surface area contributed by atoms with Crippen LogP contribution in [0.5, 0.6) is 0 Å². The van der Waals surface area contributed by atoms with E-state index in [0.29, 0.717) is 5.76 Å². The molecule has 0 saturated heterocycles. The van der Waals surface area contributed by atoms with Crippen LogP contribution in [0.3, 0.4) is 0 Å². The van der Waals surface area contributed by atoms with Gasteiger partial charge in [0.2, 0.25) is 0 Å². The first-order valence-corrected chi connectivity index (χ1v) is 3.04. The summed E-state index contributed by atoms with van der Waals surface area (Å²) in [7, 11) is 0. The lowest BCUT2D eigenvalue weighted by atomic mass is 10.0. The van der Waals surface area contributed by atoms with Crippen LogP contribution in [-0.2, 0) is 0 Å². The third kappa shape index (κ3) is 1.46. The van der Waals surface area contributed by atoms with Crippen molar-refractivity contribution in [3.05, 3.63) is 36.1 Å². The zero-order valence-electron chi connectivity index (χ0n) is 5.30. The summed E-state index contributed by atoms with van der Waals surface area (Å²) in [4.78, 5) is 0. The Balaban J connectivity index is 2.69. The minimum atomic E-state index is 0.473. The molecule has 1 rings (SSSR count). The van der Waals surface area contributed by atoms with E-state index in [0.717, 1.165) is 12.8 Å². The summed E-state index contributed by atoms with van der Waals surface area (Å²) in [5.41, 5.74) is 1.20. The normalized spacial score (nSPS) is 18.2. The van der Waals surface area contributed by atoms with Gasteiger partial charge in [-0.05, 0) is 18.1 Å². The SMILES string of the molecule is C=CC1=CC=C(O)CC1. The highest BCUT2D eigenvalue weighted by molar-refractivity contribution is 5.27. The minimum Gasteiger partial charge on any atom is -0.512 e. The highest BCUT2D eigenvalue weighted by Gasteiger charge is 1.99. The predicted octanol–water partition coefficient (Wildman–Crippen LogP) is 2.33. The summed E-state index contributed by atoms with van der Waals surface area (Å²) >= 11 is 0. The fourth-order valence-electron chi connectivity index (χ4n) is 0.812. The van der Waals surface area contributed by atoms with Crippen LogP contribution in [-0.4, -0.2) is 5.11 Å². The number of hydrogen-bond donors (Lipinski definition) is 1. The van der Waals surface area contributed by atoms with E-state index < -0.39 is 0 Å². The van der Waals surface area contributed by atoms with Gasteiger partial charge in [0.05, 0.1) is 5.76 Å². The molecular weight excluding hydrogens is 112 g/mol. The van der Waals surface area contributed by atoms with Gasteiger partial charge in [-0.15, -0.1) is 0 Å². The van der Waals surface area contributed by atoms with Crippen molar-refractivity contribution in [2.75, 3.05) is 0 Å². The van der Waals surface area contributed by atoms with E-state index in [4.69, 9.17) is 5.11 Å². The van der Waals surface area contributed by atoms with E-state index in [1.807, 2.05) is 12.2 Å². The van der Waals surface area contributed by atoms with Crippen molar-refractivity contribution in [1.29, 1.82) is 0 Å². The highest BCUT2D eigenvalue weighted by Crippen LogP contribution is 2.15. The lowest BCUT2D eigenvalue weighted by Gasteiger charge is -2.05. The molecule has 0 atom stereocenters. The summed E-state index contributed by atoms with van der Waals surface area (Å²) in [5, 5.41) is 8.90. The lowest BCUT2D eigenvalue weighted by molar-refractivity contribution is 0.386. The molecule has 0 aliphatic heterocycles. The molecule has 0 aromatic heterocycles. The van der Waals surface area contributed by atoms with E-state index >= 15 is 0 Å². The molecule has 0 fully saturated rings. The molecule has 1 N–H and O–H groups in total. The van der Waals surface area contributed by atoms with Gasteiger partial charge in [0.15, 0.2) is 0 Å². The molecule has 0 radical (unpaired) electrons. The summed E-state index contributed by atoms with van der Waals surface area (Å²) in [6.45, 7) is 3.63. The van der Waals surface area contributed by atoms with Crippen LogP contribution in [0.2, 0.25) is 0 Å². The van der Waals surface area contributed by atoms with Crippen LogP contribution in [0.1, 0.15) is 12.8 Å². The molecule has 0 amide bonds. The monoisotopic (exact) mass is 122 g/mol. The maximum atomic E-state index is 8.90. The quantitative estimate of drug-likeness (QED) is 0.566. The second-order valence-corrected chi connectivity index (χ2v) is 2.10. The Morgan fingerprint density at radius 1 is 1.44 bits per heavy atom. The third-order valence-electron chi connectivity index (χ3n) is 1.42. The number of aliphatic hydroxyl groups excluding tert-OH is 1. The molecule has 0 saturated carbocycles. The molecule has 0 aromatic rings. The second kappa shape index (κ2) is 2.53. The van der Waals surface area contributed by atoms with Crippen LogP contribution in [0.15, 0.2) is 36.1 Å². The molecule has 1 aliphatic rings. The minimum absolute atomic E-state index is 0.473. The first-order chi connectivity index (χ1) is 4.33. The molecule has 0 aromatic carbocycles. The summed E-state index contributed by atoms with van der Waals surface area (Å²) in [6.07, 6.45) is 7.12. The Bertz CT molecular complexity index is 175. The topological polar surface area (TPSA) is 20.2 Å². The van der Waals surface area contributed by atoms with Crippen molar-refractivity contribution >= 4 is 0 Å². The zero-order valence-corrected chi connectivity index (χ0v) is 5.30. The molecule has 0 spiro atoms. The van der Waals surface area contributed by atoms with E-state index in [9.17, 15) is 0 Å². The van der Waals surface area contributed by atoms with Crippen molar-refractivity contribution in [2.45, 2.75) is 12.8 Å². The van der Waals surface area contributed by atoms with Crippen molar-refractivity contribution in [1.82, 2.24) is 0 Å². The van der Waals surface area contributed by atoms with Gasteiger partial charge in [0.1, 0.15) is 0 Å². The van der Waals surface area contributed by atoms with Gasteiger partial charge in [-0.1, -0.05) is 18.7 Å². The van der Waals surface area contributed by atoms with E-state index in [1.165, 1.54) is 5.57 Å². The number of aliphatic hydroxyl groups is 1. The van der Waals surface area contributed by atoms with Gasteiger partial charge in [-0.3, -0.25) is 0 Å². The van der Waals surface area contributed by atoms with Gasteiger partial charge in [0, 0.05) is 6.42 Å².